The van der Waals surface area contributed by atoms with Gasteiger partial charge in [0.15, 0.2) is 0 Å². The second-order valence-electron chi connectivity index (χ2n) is 5.10. The minimum atomic E-state index is -1.02. The van der Waals surface area contributed by atoms with Gasteiger partial charge in [-0.1, -0.05) is 26.3 Å². The number of carbonyl (C=O) groups excluding carboxylic acids is 1. The van der Waals surface area contributed by atoms with Crippen LogP contribution < -0.4 is 10.9 Å². The summed E-state index contributed by atoms with van der Waals surface area (Å²) in [6.07, 6.45) is 3.03. The van der Waals surface area contributed by atoms with E-state index in [0.717, 1.165) is 0 Å². The monoisotopic (exact) mass is 294 g/mol. The van der Waals surface area contributed by atoms with Crippen molar-refractivity contribution in [2.24, 2.45) is 5.92 Å². The minimum Gasteiger partial charge on any atom is -0.480 e. The van der Waals surface area contributed by atoms with Crippen molar-refractivity contribution in [2.75, 3.05) is 0 Å². The fourth-order valence-corrected chi connectivity index (χ4v) is 1.98. The lowest BCUT2D eigenvalue weighted by Gasteiger charge is -2.20. The number of nitrogens with one attached hydrogen (secondary N) is 1. The normalized spacial score (nSPS) is 13.4. The van der Waals surface area contributed by atoms with Crippen molar-refractivity contribution in [1.82, 2.24) is 9.88 Å². The summed E-state index contributed by atoms with van der Waals surface area (Å²) in [7, 11) is 0. The molecule has 1 aromatic rings. The Hall–Kier alpha value is -2.11. The zero-order valence-corrected chi connectivity index (χ0v) is 12.4. The summed E-state index contributed by atoms with van der Waals surface area (Å²) in [4.78, 5) is 34.4. The van der Waals surface area contributed by atoms with Crippen LogP contribution in [0.5, 0.6) is 0 Å². The van der Waals surface area contributed by atoms with Crippen LogP contribution in [0, 0.1) is 5.92 Å². The molecule has 0 bridgehead atoms. The van der Waals surface area contributed by atoms with Crippen LogP contribution in [0.2, 0.25) is 0 Å². The number of nitrogens with zero attached hydrogens (tertiary/aromatic N) is 1. The van der Waals surface area contributed by atoms with Gasteiger partial charge in [0.25, 0.3) is 0 Å². The Bertz CT molecular complexity index is 538. The average Bonchev–Trinajstić information content (AvgIpc) is 2.45. The molecule has 1 amide bonds. The van der Waals surface area contributed by atoms with Gasteiger partial charge in [0.05, 0.1) is 0 Å². The first-order chi connectivity index (χ1) is 9.95. The van der Waals surface area contributed by atoms with Crippen LogP contribution in [0.3, 0.4) is 0 Å². The fourth-order valence-electron chi connectivity index (χ4n) is 1.98. The van der Waals surface area contributed by atoms with Crippen LogP contribution in [0.25, 0.3) is 0 Å². The van der Waals surface area contributed by atoms with E-state index in [2.05, 4.69) is 5.32 Å². The Labute approximate surface area is 123 Å². The van der Waals surface area contributed by atoms with Gasteiger partial charge in [-0.05, 0) is 18.4 Å². The first-order valence-corrected chi connectivity index (χ1v) is 7.13. The van der Waals surface area contributed by atoms with E-state index < -0.39 is 12.0 Å². The quantitative estimate of drug-likeness (QED) is 0.755. The Kier molecular flexibility index (Phi) is 6.65. The van der Waals surface area contributed by atoms with E-state index in [0.29, 0.717) is 19.4 Å². The third-order valence-electron chi connectivity index (χ3n) is 3.50. The van der Waals surface area contributed by atoms with Gasteiger partial charge in [0.1, 0.15) is 6.04 Å². The van der Waals surface area contributed by atoms with Gasteiger partial charge in [-0.2, -0.15) is 0 Å². The first-order valence-electron chi connectivity index (χ1n) is 7.13. The van der Waals surface area contributed by atoms with Crippen LogP contribution >= 0.6 is 0 Å². The molecule has 1 heterocycles. The molecule has 2 unspecified atom stereocenters. The number of aryl methyl sites for hydroxylation is 1. The second-order valence-corrected chi connectivity index (χ2v) is 5.10. The predicted molar refractivity (Wildman–Crippen MR) is 79.0 cm³/mol. The third kappa shape index (κ3) is 5.41. The highest BCUT2D eigenvalue weighted by molar-refractivity contribution is 5.83. The molecule has 0 aliphatic rings. The summed E-state index contributed by atoms with van der Waals surface area (Å²) in [6.45, 7) is 4.12. The molecule has 0 saturated heterocycles. The van der Waals surface area contributed by atoms with Gasteiger partial charge < -0.3 is 15.0 Å². The van der Waals surface area contributed by atoms with E-state index in [1.807, 2.05) is 6.92 Å². The topological polar surface area (TPSA) is 88.4 Å². The van der Waals surface area contributed by atoms with E-state index in [9.17, 15) is 14.4 Å². The van der Waals surface area contributed by atoms with Crippen molar-refractivity contribution in [3.63, 3.8) is 0 Å². The molecule has 21 heavy (non-hydrogen) atoms. The number of aromatic nitrogens is 1. The largest absolute Gasteiger partial charge is 0.480 e. The molecule has 0 fully saturated rings. The SMILES string of the molecule is CCC(C)C(NC(=O)CCCn1ccccc1=O)C(=O)O. The molecule has 2 N–H and O–H groups in total. The van der Waals surface area contributed by atoms with Gasteiger partial charge in [0, 0.05) is 25.2 Å². The molecule has 1 aromatic heterocycles. The van der Waals surface area contributed by atoms with Gasteiger partial charge in [-0.3, -0.25) is 9.59 Å². The number of carbonyl (C=O) groups is 2. The highest BCUT2D eigenvalue weighted by Gasteiger charge is 2.24. The molecule has 2 atom stereocenters. The zero-order valence-electron chi connectivity index (χ0n) is 12.4. The average molecular weight is 294 g/mol. The Morgan fingerprint density at radius 3 is 2.67 bits per heavy atom. The standard InChI is InChI=1S/C15H22N2O4/c1-3-11(2)14(15(20)21)16-12(18)7-6-10-17-9-5-4-8-13(17)19/h4-5,8-9,11,14H,3,6-7,10H2,1-2H3,(H,16,18)(H,20,21). The van der Waals surface area contributed by atoms with Crippen molar-refractivity contribution >= 4 is 11.9 Å². The summed E-state index contributed by atoms with van der Waals surface area (Å²) in [5.74, 6) is -1.44. The Balaban J connectivity index is 2.45. The number of pyridine rings is 1. The number of hydrogen-bond acceptors (Lipinski definition) is 3. The number of hydrogen-bond donors (Lipinski definition) is 2. The summed E-state index contributed by atoms with van der Waals surface area (Å²) in [5, 5.41) is 11.6. The summed E-state index contributed by atoms with van der Waals surface area (Å²) in [5.41, 5.74) is -0.110. The molecule has 1 rings (SSSR count). The molecule has 0 spiro atoms. The Morgan fingerprint density at radius 1 is 1.38 bits per heavy atom. The second kappa shape index (κ2) is 8.24. The Morgan fingerprint density at radius 2 is 2.10 bits per heavy atom. The van der Waals surface area contributed by atoms with Crippen molar-refractivity contribution in [3.05, 3.63) is 34.7 Å². The van der Waals surface area contributed by atoms with Crippen molar-refractivity contribution < 1.29 is 14.7 Å². The van der Waals surface area contributed by atoms with E-state index in [1.54, 1.807) is 25.3 Å². The number of amides is 1. The summed E-state index contributed by atoms with van der Waals surface area (Å²) in [6, 6.07) is 4.02. The number of carboxylic acids is 1. The first kappa shape index (κ1) is 16.9. The maximum atomic E-state index is 11.8. The summed E-state index contributed by atoms with van der Waals surface area (Å²) < 4.78 is 1.52. The van der Waals surface area contributed by atoms with Crippen molar-refractivity contribution in [2.45, 2.75) is 45.7 Å². The predicted octanol–water partition coefficient (Wildman–Crippen LogP) is 1.24. The molecule has 0 aliphatic heterocycles. The van der Waals surface area contributed by atoms with Crippen LogP contribution in [0.1, 0.15) is 33.1 Å². The minimum absolute atomic E-state index is 0.110. The van der Waals surface area contributed by atoms with Gasteiger partial charge in [0.2, 0.25) is 11.5 Å². The molecule has 0 aromatic carbocycles. The van der Waals surface area contributed by atoms with Gasteiger partial charge >= 0.3 is 5.97 Å². The van der Waals surface area contributed by atoms with Crippen molar-refractivity contribution in [3.8, 4) is 0 Å². The van der Waals surface area contributed by atoms with Gasteiger partial charge in [-0.25, -0.2) is 4.79 Å². The summed E-state index contributed by atoms with van der Waals surface area (Å²) >= 11 is 0. The molecular formula is C15H22N2O4. The lowest BCUT2D eigenvalue weighted by atomic mass is 9.99. The molecule has 116 valence electrons. The lowest BCUT2D eigenvalue weighted by Crippen LogP contribution is -2.45. The van der Waals surface area contributed by atoms with E-state index in [4.69, 9.17) is 5.11 Å². The highest BCUT2D eigenvalue weighted by Crippen LogP contribution is 2.08. The van der Waals surface area contributed by atoms with Gasteiger partial charge in [-0.15, -0.1) is 0 Å². The number of aliphatic carboxylic acids is 1. The third-order valence-corrected chi connectivity index (χ3v) is 3.50. The van der Waals surface area contributed by atoms with Crippen LogP contribution in [0.15, 0.2) is 29.2 Å². The van der Waals surface area contributed by atoms with Crippen LogP contribution in [-0.2, 0) is 16.1 Å². The van der Waals surface area contributed by atoms with Crippen molar-refractivity contribution in [1.29, 1.82) is 0 Å². The van der Waals surface area contributed by atoms with E-state index >= 15 is 0 Å². The van der Waals surface area contributed by atoms with E-state index in [-0.39, 0.29) is 23.8 Å². The lowest BCUT2D eigenvalue weighted by molar-refractivity contribution is -0.143. The molecule has 0 aliphatic carbocycles. The fraction of sp³-hybridized carbons (Fsp3) is 0.533. The molecule has 0 saturated carbocycles. The molecule has 6 nitrogen and oxygen atoms in total. The zero-order chi connectivity index (χ0) is 15.8. The molecule has 0 radical (unpaired) electrons. The number of carboxylic acid groups (broad SMARTS) is 1. The smallest absolute Gasteiger partial charge is 0.326 e. The number of rotatable bonds is 8. The molecular weight excluding hydrogens is 272 g/mol. The molecule has 6 heteroatoms. The van der Waals surface area contributed by atoms with E-state index in [1.165, 1.54) is 10.6 Å². The van der Waals surface area contributed by atoms with Crippen LogP contribution in [0.4, 0.5) is 0 Å². The maximum Gasteiger partial charge on any atom is 0.326 e. The van der Waals surface area contributed by atoms with Crippen LogP contribution in [-0.4, -0.2) is 27.6 Å². The highest BCUT2D eigenvalue weighted by atomic mass is 16.4. The maximum absolute atomic E-state index is 11.8.